The Bertz CT molecular complexity index is 1750. The van der Waals surface area contributed by atoms with Crippen molar-refractivity contribution >= 4 is 36.2 Å². The minimum Gasteiger partial charge on any atom is -0.418 e. The fraction of sp³-hybridized carbons (Fsp3) is 0. The van der Waals surface area contributed by atoms with Gasteiger partial charge in [-0.2, -0.15) is 0 Å². The standard InChI is InChI=1S/C31H25N7P.BF4/c1-6-16-26(17-7-1)37-31(33-38(36-37)27-18-8-2-9-19-27)32-34-35-39(28-20-10-3-11-21-28,29-22-12-4-13-23-29)30-24-14-5-15-25-30;2-1(3,4)5/h1-25H;/q+1;-1/b34-32+;. The van der Waals surface area contributed by atoms with Crippen LogP contribution < -0.4 is 20.6 Å². The number of nitrogens with zero attached hydrogens (tertiary/aromatic N) is 7. The smallest absolute Gasteiger partial charge is 0.418 e. The molecule has 13 heteroatoms. The van der Waals surface area contributed by atoms with Gasteiger partial charge in [-0.3, -0.25) is 0 Å². The van der Waals surface area contributed by atoms with Crippen LogP contribution in [0.2, 0.25) is 0 Å². The Morgan fingerprint density at radius 2 is 0.955 bits per heavy atom. The largest absolute Gasteiger partial charge is 0.673 e. The van der Waals surface area contributed by atoms with Gasteiger partial charge in [0.05, 0.1) is 12.2 Å². The first-order valence-corrected chi connectivity index (χ1v) is 15.2. The molecule has 5 aromatic carbocycles. The van der Waals surface area contributed by atoms with Gasteiger partial charge in [0.1, 0.15) is 11.4 Å². The number of tetrazole rings is 1. The molecule has 0 N–H and O–H groups in total. The Balaban J connectivity index is 0.000000712. The highest BCUT2D eigenvalue weighted by Gasteiger charge is 2.28. The Kier molecular flexibility index (Phi) is 9.51. The Morgan fingerprint density at radius 1 is 0.568 bits per heavy atom. The lowest BCUT2D eigenvalue weighted by molar-refractivity contribution is -0.649. The van der Waals surface area contributed by atoms with Crippen molar-refractivity contribution in [1.29, 1.82) is 0 Å². The third kappa shape index (κ3) is 7.40. The summed E-state index contributed by atoms with van der Waals surface area (Å²) in [6.07, 6.45) is 0. The zero-order chi connectivity index (χ0) is 30.8. The lowest BCUT2D eigenvalue weighted by atomic mass is 10.3. The van der Waals surface area contributed by atoms with Crippen LogP contribution in [0, 0.1) is 0 Å². The number of hydrogen-bond donors (Lipinski definition) is 0. The lowest BCUT2D eigenvalue weighted by Gasteiger charge is -2.24. The second-order valence-corrected chi connectivity index (χ2v) is 12.2. The van der Waals surface area contributed by atoms with E-state index in [0.29, 0.717) is 5.95 Å². The van der Waals surface area contributed by atoms with E-state index in [0.717, 1.165) is 27.3 Å². The third-order valence-electron chi connectivity index (χ3n) is 6.23. The van der Waals surface area contributed by atoms with Crippen molar-refractivity contribution in [2.75, 3.05) is 0 Å². The fourth-order valence-corrected chi connectivity index (χ4v) is 7.57. The highest BCUT2D eigenvalue weighted by Crippen LogP contribution is 2.46. The van der Waals surface area contributed by atoms with Crippen molar-refractivity contribution in [3.63, 3.8) is 0 Å². The van der Waals surface area contributed by atoms with E-state index < -0.39 is 14.3 Å². The van der Waals surface area contributed by atoms with Crippen molar-refractivity contribution in [1.82, 2.24) is 15.1 Å². The van der Waals surface area contributed by atoms with Crippen LogP contribution in [0.15, 0.2) is 167 Å². The SMILES string of the molecule is F[B-](F)(F)F.c1ccc(-n2nc(/N=N/N=P(c3ccccc3)(c3ccccc3)c3ccccc3)[n+](-c3ccccc3)n2)cc1. The zero-order valence-corrected chi connectivity index (χ0v) is 24.0. The molecule has 0 atom stereocenters. The van der Waals surface area contributed by atoms with Gasteiger partial charge in [0.15, 0.2) is 0 Å². The van der Waals surface area contributed by atoms with Gasteiger partial charge >= 0.3 is 13.2 Å². The van der Waals surface area contributed by atoms with E-state index in [2.05, 4.69) is 57.0 Å². The fourth-order valence-electron chi connectivity index (χ4n) is 4.39. The minimum atomic E-state index is -6.00. The van der Waals surface area contributed by atoms with Gasteiger partial charge in [0, 0.05) is 31.5 Å². The van der Waals surface area contributed by atoms with E-state index in [1.54, 1.807) is 9.48 Å². The summed E-state index contributed by atoms with van der Waals surface area (Å²) in [5, 5.41) is 21.6. The molecule has 6 rings (SSSR count). The molecule has 0 amide bonds. The minimum absolute atomic E-state index is 0.320. The topological polar surface area (TPSA) is 71.7 Å². The summed E-state index contributed by atoms with van der Waals surface area (Å²) in [5.74, 6) is 0.320. The first-order chi connectivity index (χ1) is 21.3. The van der Waals surface area contributed by atoms with E-state index in [-0.39, 0.29) is 0 Å². The van der Waals surface area contributed by atoms with Crippen LogP contribution in [0.1, 0.15) is 0 Å². The summed E-state index contributed by atoms with van der Waals surface area (Å²) in [6, 6.07) is 50.5. The average Bonchev–Trinajstić information content (AvgIpc) is 3.49. The predicted molar refractivity (Wildman–Crippen MR) is 165 cm³/mol. The predicted octanol–water partition coefficient (Wildman–Crippen LogP) is 7.02. The second-order valence-electron chi connectivity index (χ2n) is 9.18. The van der Waals surface area contributed by atoms with Crippen LogP contribution in [-0.4, -0.2) is 22.4 Å². The first kappa shape index (κ1) is 30.2. The molecule has 0 aliphatic heterocycles. The number of rotatable bonds is 7. The summed E-state index contributed by atoms with van der Waals surface area (Å²) < 4.78 is 40.7. The Morgan fingerprint density at radius 3 is 1.39 bits per heavy atom. The Labute approximate surface area is 251 Å². The monoisotopic (exact) mass is 613 g/mol. The van der Waals surface area contributed by atoms with Gasteiger partial charge < -0.3 is 17.3 Å². The molecule has 0 bridgehead atoms. The molecule has 44 heavy (non-hydrogen) atoms. The molecule has 0 fully saturated rings. The number of halogens is 4. The molecule has 0 saturated heterocycles. The van der Waals surface area contributed by atoms with Crippen molar-refractivity contribution in [3.05, 3.63) is 152 Å². The number of aromatic nitrogens is 4. The average molecular weight is 613 g/mol. The third-order valence-corrected chi connectivity index (χ3v) is 9.72. The van der Waals surface area contributed by atoms with E-state index in [1.165, 1.54) is 0 Å². The van der Waals surface area contributed by atoms with Gasteiger partial charge in [-0.05, 0) is 29.1 Å². The highest BCUT2D eigenvalue weighted by molar-refractivity contribution is 7.87. The van der Waals surface area contributed by atoms with Crippen LogP contribution in [-0.2, 0) is 0 Å². The molecular weight excluding hydrogens is 588 g/mol. The molecule has 1 aromatic heterocycles. The van der Waals surface area contributed by atoms with Gasteiger partial charge in [0.25, 0.3) is 0 Å². The molecule has 220 valence electrons. The van der Waals surface area contributed by atoms with Crippen molar-refractivity contribution < 1.29 is 21.9 Å². The summed E-state index contributed by atoms with van der Waals surface area (Å²) in [6.45, 7) is 0. The molecule has 7 nitrogen and oxygen atoms in total. The quantitative estimate of drug-likeness (QED) is 0.0485. The first-order valence-electron chi connectivity index (χ1n) is 13.4. The van der Waals surface area contributed by atoms with E-state index in [1.807, 2.05) is 115 Å². The van der Waals surface area contributed by atoms with Crippen LogP contribution in [0.5, 0.6) is 0 Å². The maximum atomic E-state index is 9.75. The molecule has 0 saturated carbocycles. The number of hydrogen-bond acceptors (Lipinski definition) is 3. The van der Waals surface area contributed by atoms with Crippen LogP contribution in [0.25, 0.3) is 11.4 Å². The molecule has 0 aliphatic rings. The van der Waals surface area contributed by atoms with Gasteiger partial charge in [-0.15, -0.1) is 4.85 Å². The van der Waals surface area contributed by atoms with Gasteiger partial charge in [-0.1, -0.05) is 132 Å². The molecule has 0 aliphatic carbocycles. The maximum absolute atomic E-state index is 9.75. The number of benzene rings is 5. The summed E-state index contributed by atoms with van der Waals surface area (Å²) in [4.78, 5) is 6.61. The van der Waals surface area contributed by atoms with Crippen molar-refractivity contribution in [3.8, 4) is 11.4 Å². The van der Waals surface area contributed by atoms with Crippen molar-refractivity contribution in [2.24, 2.45) is 15.2 Å². The summed E-state index contributed by atoms with van der Waals surface area (Å²) in [7, 11) is -8.53. The van der Waals surface area contributed by atoms with Crippen LogP contribution >= 0.6 is 7.05 Å². The zero-order valence-electron chi connectivity index (χ0n) is 23.1. The molecule has 1 heterocycles. The van der Waals surface area contributed by atoms with E-state index >= 15 is 0 Å². The van der Waals surface area contributed by atoms with Crippen LogP contribution in [0.4, 0.5) is 23.2 Å². The molecule has 0 spiro atoms. The molecular formula is C31H25BF4N7P. The van der Waals surface area contributed by atoms with E-state index in [4.69, 9.17) is 4.85 Å². The van der Waals surface area contributed by atoms with Gasteiger partial charge in [-0.25, -0.2) is 0 Å². The van der Waals surface area contributed by atoms with Crippen molar-refractivity contribution in [2.45, 2.75) is 0 Å². The van der Waals surface area contributed by atoms with Gasteiger partial charge in [0.2, 0.25) is 0 Å². The molecule has 0 unspecified atom stereocenters. The highest BCUT2D eigenvalue weighted by atomic mass is 31.2. The lowest BCUT2D eigenvalue weighted by Crippen LogP contribution is -2.33. The molecule has 0 radical (unpaired) electrons. The second kappa shape index (κ2) is 13.8. The maximum Gasteiger partial charge on any atom is 0.673 e. The summed E-state index contributed by atoms with van der Waals surface area (Å²) in [5.41, 5.74) is 1.64. The Hall–Kier alpha value is -5.22. The normalized spacial score (nSPS) is 11.5. The number of para-hydroxylation sites is 2. The van der Waals surface area contributed by atoms with E-state index in [9.17, 15) is 17.3 Å². The summed E-state index contributed by atoms with van der Waals surface area (Å²) >= 11 is 0. The van der Waals surface area contributed by atoms with Crippen LogP contribution in [0.3, 0.4) is 0 Å². The molecule has 6 aromatic rings.